The van der Waals surface area contributed by atoms with Crippen LogP contribution in [0, 0.1) is 0 Å². The van der Waals surface area contributed by atoms with Crippen molar-refractivity contribution >= 4 is 16.8 Å². The third-order valence-corrected chi connectivity index (χ3v) is 4.27. The number of carbonyl (C=O) groups is 1. The van der Waals surface area contributed by atoms with Gasteiger partial charge in [0.25, 0.3) is 5.56 Å². The largest absolute Gasteiger partial charge is 0.348 e. The zero-order valence-corrected chi connectivity index (χ0v) is 14.3. The molecule has 0 bridgehead atoms. The molecule has 1 amide bonds. The Hall–Kier alpha value is -2.96. The fraction of sp³-hybridized carbons (Fsp3) is 0.333. The van der Waals surface area contributed by atoms with Crippen molar-refractivity contribution in [1.29, 1.82) is 0 Å². The van der Waals surface area contributed by atoms with Crippen molar-refractivity contribution in [2.45, 2.75) is 32.4 Å². The van der Waals surface area contributed by atoms with Crippen LogP contribution in [0.15, 0.2) is 47.7 Å². The molecule has 2 aromatic heterocycles. The van der Waals surface area contributed by atoms with Crippen LogP contribution >= 0.6 is 0 Å². The highest BCUT2D eigenvalue weighted by atomic mass is 16.2. The summed E-state index contributed by atoms with van der Waals surface area (Å²) in [6.07, 6.45) is 4.19. The van der Waals surface area contributed by atoms with Crippen molar-refractivity contribution in [3.05, 3.63) is 58.9 Å². The molecule has 0 saturated heterocycles. The molecule has 1 atom stereocenters. The first-order chi connectivity index (χ1) is 12.1. The molecule has 0 spiro atoms. The Kier molecular flexibility index (Phi) is 4.92. The summed E-state index contributed by atoms with van der Waals surface area (Å²) in [6.45, 7) is 2.31. The minimum Gasteiger partial charge on any atom is -0.348 e. The van der Waals surface area contributed by atoms with E-state index in [2.05, 4.69) is 15.4 Å². The fourth-order valence-electron chi connectivity index (χ4n) is 2.86. The van der Waals surface area contributed by atoms with Crippen LogP contribution in [0.3, 0.4) is 0 Å². The van der Waals surface area contributed by atoms with Gasteiger partial charge in [0, 0.05) is 26.2 Å². The Balaban J connectivity index is 1.67. The normalized spacial score (nSPS) is 12.2. The van der Waals surface area contributed by atoms with Crippen LogP contribution < -0.4 is 10.9 Å². The van der Waals surface area contributed by atoms with E-state index in [1.54, 1.807) is 23.0 Å². The number of nitrogens with zero attached hydrogens (tertiary/aromatic N) is 4. The van der Waals surface area contributed by atoms with Crippen LogP contribution in [-0.2, 0) is 18.4 Å². The molecule has 0 aliphatic carbocycles. The standard InChI is InChI=1S/C18H21N5O2/c1-3-14(16-8-10-20-22(16)2)21-17(24)9-11-23-12-19-15-7-5-4-6-13(15)18(23)25/h4-8,10,12,14H,3,9,11H2,1-2H3,(H,21,24). The van der Waals surface area contributed by atoms with Gasteiger partial charge < -0.3 is 5.32 Å². The van der Waals surface area contributed by atoms with Crippen molar-refractivity contribution in [2.24, 2.45) is 7.05 Å². The molecule has 25 heavy (non-hydrogen) atoms. The number of para-hydroxylation sites is 1. The molecule has 1 N–H and O–H groups in total. The summed E-state index contributed by atoms with van der Waals surface area (Å²) < 4.78 is 3.24. The summed E-state index contributed by atoms with van der Waals surface area (Å²) >= 11 is 0. The zero-order chi connectivity index (χ0) is 17.8. The third-order valence-electron chi connectivity index (χ3n) is 4.27. The van der Waals surface area contributed by atoms with Gasteiger partial charge in [-0.3, -0.25) is 18.8 Å². The van der Waals surface area contributed by atoms with Gasteiger partial charge >= 0.3 is 0 Å². The lowest BCUT2D eigenvalue weighted by atomic mass is 10.1. The molecule has 3 aromatic rings. The highest BCUT2D eigenvalue weighted by Gasteiger charge is 2.16. The minimum absolute atomic E-state index is 0.0912. The van der Waals surface area contributed by atoms with Gasteiger partial charge in [0.2, 0.25) is 5.91 Å². The van der Waals surface area contributed by atoms with Crippen LogP contribution in [0.2, 0.25) is 0 Å². The second-order valence-corrected chi connectivity index (χ2v) is 5.92. The predicted molar refractivity (Wildman–Crippen MR) is 95.0 cm³/mol. The number of hydrogen-bond donors (Lipinski definition) is 1. The number of rotatable bonds is 6. The van der Waals surface area contributed by atoms with Crippen LogP contribution in [0.1, 0.15) is 31.5 Å². The Bertz CT molecular complexity index is 944. The number of aromatic nitrogens is 4. The number of carbonyl (C=O) groups excluding carboxylic acids is 1. The van der Waals surface area contributed by atoms with E-state index in [1.165, 1.54) is 10.9 Å². The van der Waals surface area contributed by atoms with Gasteiger partial charge in [0.1, 0.15) is 0 Å². The van der Waals surface area contributed by atoms with Crippen LogP contribution in [0.25, 0.3) is 10.9 Å². The fourth-order valence-corrected chi connectivity index (χ4v) is 2.86. The molecule has 130 valence electrons. The topological polar surface area (TPSA) is 81.8 Å². The second kappa shape index (κ2) is 7.29. The molecular weight excluding hydrogens is 318 g/mol. The lowest BCUT2D eigenvalue weighted by Gasteiger charge is -2.17. The van der Waals surface area contributed by atoms with Gasteiger partial charge in [-0.2, -0.15) is 5.10 Å². The summed E-state index contributed by atoms with van der Waals surface area (Å²) in [5, 5.41) is 7.70. The number of nitrogens with one attached hydrogen (secondary N) is 1. The van der Waals surface area contributed by atoms with Gasteiger partial charge in [-0.1, -0.05) is 19.1 Å². The molecule has 0 fully saturated rings. The smallest absolute Gasteiger partial charge is 0.261 e. The van der Waals surface area contributed by atoms with E-state index in [0.717, 1.165) is 12.1 Å². The summed E-state index contributed by atoms with van der Waals surface area (Å²) in [6, 6.07) is 9.00. The van der Waals surface area contributed by atoms with Crippen LogP contribution in [-0.4, -0.2) is 25.2 Å². The van der Waals surface area contributed by atoms with Crippen molar-refractivity contribution in [3.63, 3.8) is 0 Å². The van der Waals surface area contributed by atoms with Crippen LogP contribution in [0.5, 0.6) is 0 Å². The number of benzene rings is 1. The number of fused-ring (bicyclic) bond motifs is 1. The van der Waals surface area contributed by atoms with Crippen molar-refractivity contribution in [3.8, 4) is 0 Å². The molecule has 7 heteroatoms. The summed E-state index contributed by atoms with van der Waals surface area (Å²) in [4.78, 5) is 29.0. The molecule has 7 nitrogen and oxygen atoms in total. The summed E-state index contributed by atoms with van der Waals surface area (Å²) in [5.74, 6) is -0.104. The van der Waals surface area contributed by atoms with E-state index < -0.39 is 0 Å². The molecule has 0 aliphatic heterocycles. The van der Waals surface area contributed by atoms with Gasteiger partial charge in [0.05, 0.1) is 29.0 Å². The first-order valence-corrected chi connectivity index (χ1v) is 8.31. The molecule has 2 heterocycles. The lowest BCUT2D eigenvalue weighted by molar-refractivity contribution is -0.122. The quantitative estimate of drug-likeness (QED) is 0.742. The monoisotopic (exact) mass is 339 g/mol. The van der Waals surface area contributed by atoms with Gasteiger partial charge in [-0.05, 0) is 24.6 Å². The van der Waals surface area contributed by atoms with Gasteiger partial charge in [-0.25, -0.2) is 4.98 Å². The molecule has 3 rings (SSSR count). The Labute approximate surface area is 145 Å². The highest BCUT2D eigenvalue weighted by Crippen LogP contribution is 2.15. The van der Waals surface area contributed by atoms with E-state index in [1.807, 2.05) is 32.2 Å². The molecule has 0 aliphatic rings. The van der Waals surface area contributed by atoms with E-state index in [9.17, 15) is 9.59 Å². The second-order valence-electron chi connectivity index (χ2n) is 5.92. The molecule has 1 aromatic carbocycles. The Morgan fingerprint density at radius 1 is 1.28 bits per heavy atom. The molecule has 0 radical (unpaired) electrons. The number of aryl methyl sites for hydroxylation is 2. The Morgan fingerprint density at radius 3 is 2.80 bits per heavy atom. The van der Waals surface area contributed by atoms with E-state index in [0.29, 0.717) is 17.4 Å². The number of amides is 1. The minimum atomic E-state index is -0.128. The average Bonchev–Trinajstić information content (AvgIpc) is 3.05. The maximum atomic E-state index is 12.4. The van der Waals surface area contributed by atoms with Gasteiger partial charge in [-0.15, -0.1) is 0 Å². The van der Waals surface area contributed by atoms with Gasteiger partial charge in [0.15, 0.2) is 0 Å². The molecular formula is C18H21N5O2. The van der Waals surface area contributed by atoms with Crippen LogP contribution in [0.4, 0.5) is 0 Å². The van der Waals surface area contributed by atoms with E-state index >= 15 is 0 Å². The summed E-state index contributed by atoms with van der Waals surface area (Å²) in [5.41, 5.74) is 1.49. The SMILES string of the molecule is CCC(NC(=O)CCn1cnc2ccccc2c1=O)c1ccnn1C. The zero-order valence-electron chi connectivity index (χ0n) is 14.3. The third kappa shape index (κ3) is 3.60. The highest BCUT2D eigenvalue weighted by molar-refractivity contribution is 5.77. The number of hydrogen-bond acceptors (Lipinski definition) is 4. The molecule has 0 saturated carbocycles. The van der Waals surface area contributed by atoms with E-state index in [-0.39, 0.29) is 23.9 Å². The molecule has 1 unspecified atom stereocenters. The maximum Gasteiger partial charge on any atom is 0.261 e. The van der Waals surface area contributed by atoms with Crippen molar-refractivity contribution < 1.29 is 4.79 Å². The van der Waals surface area contributed by atoms with Crippen molar-refractivity contribution in [2.75, 3.05) is 0 Å². The first kappa shape index (κ1) is 16.9. The first-order valence-electron chi connectivity index (χ1n) is 8.31. The average molecular weight is 339 g/mol. The van der Waals surface area contributed by atoms with E-state index in [4.69, 9.17) is 0 Å². The maximum absolute atomic E-state index is 12.4. The predicted octanol–water partition coefficient (Wildman–Crippen LogP) is 1.79. The van der Waals surface area contributed by atoms with Crippen molar-refractivity contribution in [1.82, 2.24) is 24.6 Å². The Morgan fingerprint density at radius 2 is 2.08 bits per heavy atom. The lowest BCUT2D eigenvalue weighted by Crippen LogP contribution is -2.31. The summed E-state index contributed by atoms with van der Waals surface area (Å²) in [7, 11) is 1.85.